The Morgan fingerprint density at radius 2 is 2.00 bits per heavy atom. The number of nitrogens with one attached hydrogen (secondary N) is 1. The zero-order valence-corrected chi connectivity index (χ0v) is 13.7. The molecule has 0 aliphatic carbocycles. The third-order valence-corrected chi connectivity index (χ3v) is 5.37. The van der Waals surface area contributed by atoms with Gasteiger partial charge in [0.25, 0.3) is 20.2 Å². The van der Waals surface area contributed by atoms with Crippen LogP contribution in [0.2, 0.25) is 5.02 Å². The lowest BCUT2D eigenvalue weighted by molar-refractivity contribution is 0.462. The highest BCUT2D eigenvalue weighted by Crippen LogP contribution is 2.36. The summed E-state index contributed by atoms with van der Waals surface area (Å²) in [4.78, 5) is 6.58. The van der Waals surface area contributed by atoms with Crippen LogP contribution in [0, 0.1) is 11.3 Å². The zero-order valence-electron chi connectivity index (χ0n) is 11.3. The summed E-state index contributed by atoms with van der Waals surface area (Å²) in [6.45, 7) is 0. The number of benzene rings is 1. The van der Waals surface area contributed by atoms with E-state index < -0.39 is 37.7 Å². The van der Waals surface area contributed by atoms with Crippen LogP contribution in [0.3, 0.4) is 0 Å². The van der Waals surface area contributed by atoms with Gasteiger partial charge in [-0.25, -0.2) is 4.98 Å². The van der Waals surface area contributed by atoms with Crippen LogP contribution in [-0.4, -0.2) is 41.7 Å². The Hall–Kier alpha value is -1.71. The second-order valence-corrected chi connectivity index (χ2v) is 8.21. The van der Waals surface area contributed by atoms with E-state index in [9.17, 15) is 26.7 Å². The number of aromatic nitrogens is 2. The first-order chi connectivity index (χ1) is 10.5. The SMILES string of the molecule is N#Cc1c(Cl)cc2[nH]cnc2c1C(CCS(=O)(=O)O)S(=O)(=O)O. The molecule has 0 saturated heterocycles. The van der Waals surface area contributed by atoms with Crippen LogP contribution in [0.15, 0.2) is 12.4 Å². The van der Waals surface area contributed by atoms with E-state index in [4.69, 9.17) is 16.2 Å². The van der Waals surface area contributed by atoms with Gasteiger partial charge < -0.3 is 4.98 Å². The van der Waals surface area contributed by atoms with Crippen LogP contribution in [0.25, 0.3) is 11.0 Å². The molecule has 2 aromatic rings. The number of halogens is 1. The minimum atomic E-state index is -4.80. The number of hydrogen-bond acceptors (Lipinski definition) is 6. The third-order valence-electron chi connectivity index (χ3n) is 3.13. The van der Waals surface area contributed by atoms with E-state index in [2.05, 4.69) is 9.97 Å². The smallest absolute Gasteiger partial charge is 0.272 e. The number of imidazole rings is 1. The first-order valence-electron chi connectivity index (χ1n) is 6.01. The predicted molar refractivity (Wildman–Crippen MR) is 81.1 cm³/mol. The molecular formula is C11H10ClN3O6S2. The second kappa shape index (κ2) is 6.06. The van der Waals surface area contributed by atoms with Crippen molar-refractivity contribution in [3.05, 3.63) is 28.5 Å². The van der Waals surface area contributed by atoms with Crippen LogP contribution >= 0.6 is 11.6 Å². The molecule has 0 bridgehead atoms. The molecule has 23 heavy (non-hydrogen) atoms. The van der Waals surface area contributed by atoms with Crippen molar-refractivity contribution >= 4 is 42.9 Å². The van der Waals surface area contributed by atoms with E-state index in [0.717, 1.165) is 0 Å². The molecule has 0 aliphatic heterocycles. The number of rotatable bonds is 5. The van der Waals surface area contributed by atoms with E-state index >= 15 is 0 Å². The van der Waals surface area contributed by atoms with Crippen molar-refractivity contribution in [2.24, 2.45) is 0 Å². The van der Waals surface area contributed by atoms with Gasteiger partial charge in [-0.3, -0.25) is 9.11 Å². The molecule has 124 valence electrons. The van der Waals surface area contributed by atoms with E-state index in [1.165, 1.54) is 12.4 Å². The number of hydrogen-bond donors (Lipinski definition) is 3. The van der Waals surface area contributed by atoms with Gasteiger partial charge in [-0.1, -0.05) is 11.6 Å². The Bertz CT molecular complexity index is 1010. The molecule has 0 radical (unpaired) electrons. The number of nitriles is 1. The molecule has 1 aromatic heterocycles. The third kappa shape index (κ3) is 3.80. The summed E-state index contributed by atoms with van der Waals surface area (Å²) in [5.41, 5.74) is -0.0972. The summed E-state index contributed by atoms with van der Waals surface area (Å²) in [7, 11) is -9.28. The fraction of sp³-hybridized carbons (Fsp3) is 0.273. The van der Waals surface area contributed by atoms with Gasteiger partial charge in [-0.2, -0.15) is 22.1 Å². The van der Waals surface area contributed by atoms with Gasteiger partial charge >= 0.3 is 0 Å². The van der Waals surface area contributed by atoms with Gasteiger partial charge in [0.1, 0.15) is 11.3 Å². The molecule has 9 nitrogen and oxygen atoms in total. The average Bonchev–Trinajstić information content (AvgIpc) is 2.83. The molecule has 0 fully saturated rings. The fourth-order valence-corrected chi connectivity index (χ4v) is 4.08. The normalized spacial score (nSPS) is 13.8. The molecule has 12 heteroatoms. The monoisotopic (exact) mass is 379 g/mol. The lowest BCUT2D eigenvalue weighted by Crippen LogP contribution is -2.18. The maximum atomic E-state index is 11.7. The van der Waals surface area contributed by atoms with Crippen molar-refractivity contribution in [2.45, 2.75) is 11.7 Å². The molecule has 0 amide bonds. The van der Waals surface area contributed by atoms with E-state index in [0.29, 0.717) is 5.52 Å². The van der Waals surface area contributed by atoms with Crippen LogP contribution in [0.4, 0.5) is 0 Å². The molecule has 1 atom stereocenters. The van der Waals surface area contributed by atoms with Crippen LogP contribution in [0.1, 0.15) is 22.8 Å². The standard InChI is InChI=1S/C11H10ClN3O6S2/c12-7-3-8-11(15-5-14-8)10(6(7)4-13)9(23(19,20)21)1-2-22(16,17)18/h3,5,9H,1-2H2,(H,14,15)(H,16,17,18)(H,19,20,21). The Labute approximate surface area is 136 Å². The van der Waals surface area contributed by atoms with Crippen LogP contribution in [-0.2, 0) is 20.2 Å². The summed E-state index contributed by atoms with van der Waals surface area (Å²) >= 11 is 5.94. The highest BCUT2D eigenvalue weighted by Gasteiger charge is 2.32. The summed E-state index contributed by atoms with van der Waals surface area (Å²) in [6, 6.07) is 3.08. The number of fused-ring (bicyclic) bond motifs is 1. The molecular weight excluding hydrogens is 370 g/mol. The maximum absolute atomic E-state index is 11.7. The number of H-pyrrole nitrogens is 1. The zero-order chi connectivity index (χ0) is 17.4. The minimum Gasteiger partial charge on any atom is -0.345 e. The molecule has 3 N–H and O–H groups in total. The van der Waals surface area contributed by atoms with Gasteiger partial charge in [0, 0.05) is 5.56 Å². The number of aromatic amines is 1. The highest BCUT2D eigenvalue weighted by atomic mass is 35.5. The topological polar surface area (TPSA) is 161 Å². The van der Waals surface area contributed by atoms with Crippen molar-refractivity contribution in [1.82, 2.24) is 9.97 Å². The molecule has 2 rings (SSSR count). The van der Waals surface area contributed by atoms with Crippen molar-refractivity contribution in [1.29, 1.82) is 5.26 Å². The van der Waals surface area contributed by atoms with Crippen molar-refractivity contribution in [3.63, 3.8) is 0 Å². The van der Waals surface area contributed by atoms with Gasteiger partial charge in [0.05, 0.1) is 33.7 Å². The first kappa shape index (κ1) is 17.6. The van der Waals surface area contributed by atoms with E-state index in [-0.39, 0.29) is 21.7 Å². The summed E-state index contributed by atoms with van der Waals surface area (Å²) in [5, 5.41) is 7.35. The predicted octanol–water partition coefficient (Wildman–Crippen LogP) is 1.29. The molecule has 0 saturated carbocycles. The maximum Gasteiger partial charge on any atom is 0.272 e. The van der Waals surface area contributed by atoms with Gasteiger partial charge in [0.15, 0.2) is 0 Å². The minimum absolute atomic E-state index is 0.0592. The molecule has 1 unspecified atom stereocenters. The van der Waals surface area contributed by atoms with E-state index in [1.807, 2.05) is 0 Å². The van der Waals surface area contributed by atoms with Crippen molar-refractivity contribution in [3.8, 4) is 6.07 Å². The lowest BCUT2D eigenvalue weighted by Gasteiger charge is -2.16. The number of nitrogens with zero attached hydrogens (tertiary/aromatic N) is 2. The quantitative estimate of drug-likeness (QED) is 0.654. The largest absolute Gasteiger partial charge is 0.345 e. The fourth-order valence-electron chi connectivity index (χ4n) is 2.20. The first-order valence-corrected chi connectivity index (χ1v) is 9.50. The Kier molecular flexibility index (Phi) is 4.65. The Balaban J connectivity index is 2.75. The Morgan fingerprint density at radius 1 is 1.35 bits per heavy atom. The van der Waals surface area contributed by atoms with E-state index in [1.54, 1.807) is 6.07 Å². The second-order valence-electron chi connectivity index (χ2n) is 4.64. The van der Waals surface area contributed by atoms with Gasteiger partial charge in [0.2, 0.25) is 0 Å². The molecule has 0 spiro atoms. The summed E-state index contributed by atoms with van der Waals surface area (Å²) in [5.74, 6) is -0.930. The lowest BCUT2D eigenvalue weighted by atomic mass is 10.0. The van der Waals surface area contributed by atoms with Crippen LogP contribution < -0.4 is 0 Å². The van der Waals surface area contributed by atoms with Gasteiger partial charge in [-0.15, -0.1) is 0 Å². The van der Waals surface area contributed by atoms with Crippen molar-refractivity contribution in [2.75, 3.05) is 5.75 Å². The average molecular weight is 380 g/mol. The van der Waals surface area contributed by atoms with Gasteiger partial charge in [-0.05, 0) is 12.5 Å². The molecule has 0 aliphatic rings. The van der Waals surface area contributed by atoms with Crippen LogP contribution in [0.5, 0.6) is 0 Å². The molecule has 1 heterocycles. The highest BCUT2D eigenvalue weighted by molar-refractivity contribution is 7.86. The summed E-state index contributed by atoms with van der Waals surface area (Å²) in [6.07, 6.45) is 0.560. The Morgan fingerprint density at radius 3 is 2.52 bits per heavy atom. The van der Waals surface area contributed by atoms with Crippen molar-refractivity contribution < 1.29 is 25.9 Å². The summed E-state index contributed by atoms with van der Waals surface area (Å²) < 4.78 is 63.4. The molecule has 1 aromatic carbocycles.